The number of aryl methyl sites for hydroxylation is 2. The van der Waals surface area contributed by atoms with Crippen LogP contribution in [0.2, 0.25) is 0 Å². The number of nitrogens with one attached hydrogen (secondary N) is 1. The highest BCUT2D eigenvalue weighted by atomic mass is 16.5. The molecule has 136 valence electrons. The second-order valence-electron chi connectivity index (χ2n) is 6.17. The number of nitrogens with zero attached hydrogens (tertiary/aromatic N) is 4. The Hall–Kier alpha value is -3.09. The topological polar surface area (TPSA) is 72.3 Å². The molecule has 3 rings (SSSR count). The molecular weight excluding hydrogens is 330 g/mol. The zero-order valence-corrected chi connectivity index (χ0v) is 15.3. The quantitative estimate of drug-likeness (QED) is 0.691. The number of rotatable bonds is 6. The van der Waals surface area contributed by atoms with E-state index in [9.17, 15) is 4.79 Å². The summed E-state index contributed by atoms with van der Waals surface area (Å²) in [7, 11) is 3.62. The summed E-state index contributed by atoms with van der Waals surface area (Å²) in [6, 6.07) is 11.4. The Labute approximate surface area is 152 Å². The van der Waals surface area contributed by atoms with Crippen molar-refractivity contribution in [2.24, 2.45) is 7.05 Å². The van der Waals surface area contributed by atoms with Crippen LogP contribution < -0.4 is 10.1 Å². The van der Waals surface area contributed by atoms with E-state index in [1.807, 2.05) is 50.4 Å². The van der Waals surface area contributed by atoms with Gasteiger partial charge in [-0.25, -0.2) is 9.78 Å². The standard InChI is InChI=1S/C19H23N5O2/c1-14-17-12-15(13-20-18(17)24(3)22-14)21-19(25)23(2)10-7-11-26-16-8-5-4-6-9-16/h4-6,8-9,12-13H,7,10-11H2,1-3H3,(H,21,25). The lowest BCUT2D eigenvalue weighted by molar-refractivity contribution is 0.216. The van der Waals surface area contributed by atoms with Gasteiger partial charge in [-0.2, -0.15) is 5.10 Å². The molecule has 7 nitrogen and oxygen atoms in total. The second-order valence-corrected chi connectivity index (χ2v) is 6.17. The van der Waals surface area contributed by atoms with E-state index >= 15 is 0 Å². The van der Waals surface area contributed by atoms with Crippen LogP contribution in [0.1, 0.15) is 12.1 Å². The van der Waals surface area contributed by atoms with Crippen molar-refractivity contribution in [3.8, 4) is 5.75 Å². The van der Waals surface area contributed by atoms with Gasteiger partial charge in [-0.3, -0.25) is 4.68 Å². The molecule has 1 aromatic carbocycles. The number of aromatic nitrogens is 3. The van der Waals surface area contributed by atoms with Crippen LogP contribution in [0.15, 0.2) is 42.6 Å². The molecule has 2 aromatic heterocycles. The molecular formula is C19H23N5O2. The van der Waals surface area contributed by atoms with Crippen molar-refractivity contribution in [1.29, 1.82) is 0 Å². The maximum atomic E-state index is 12.3. The fraction of sp³-hybridized carbons (Fsp3) is 0.316. The van der Waals surface area contributed by atoms with Gasteiger partial charge in [0.15, 0.2) is 5.65 Å². The van der Waals surface area contributed by atoms with E-state index in [1.54, 1.807) is 22.8 Å². The Morgan fingerprint density at radius 1 is 1.31 bits per heavy atom. The fourth-order valence-electron chi connectivity index (χ4n) is 2.71. The number of carbonyl (C=O) groups excluding carboxylic acids is 1. The van der Waals surface area contributed by atoms with E-state index in [0.717, 1.165) is 28.9 Å². The van der Waals surface area contributed by atoms with E-state index in [4.69, 9.17) is 4.74 Å². The van der Waals surface area contributed by atoms with Crippen molar-refractivity contribution in [2.45, 2.75) is 13.3 Å². The van der Waals surface area contributed by atoms with Crippen molar-refractivity contribution >= 4 is 22.8 Å². The van der Waals surface area contributed by atoms with Crippen LogP contribution in [0.4, 0.5) is 10.5 Å². The van der Waals surface area contributed by atoms with Gasteiger partial charge in [0.2, 0.25) is 0 Å². The Morgan fingerprint density at radius 3 is 2.85 bits per heavy atom. The minimum atomic E-state index is -0.174. The van der Waals surface area contributed by atoms with Gasteiger partial charge in [0.1, 0.15) is 5.75 Å². The summed E-state index contributed by atoms with van der Waals surface area (Å²) < 4.78 is 7.37. The van der Waals surface area contributed by atoms with E-state index in [2.05, 4.69) is 15.4 Å². The molecule has 0 unspecified atom stereocenters. The molecule has 26 heavy (non-hydrogen) atoms. The van der Waals surface area contributed by atoms with Crippen molar-refractivity contribution < 1.29 is 9.53 Å². The highest BCUT2D eigenvalue weighted by molar-refractivity contribution is 5.91. The maximum Gasteiger partial charge on any atom is 0.321 e. The van der Waals surface area contributed by atoms with Crippen molar-refractivity contribution in [3.63, 3.8) is 0 Å². The molecule has 0 radical (unpaired) electrons. The molecule has 0 saturated carbocycles. The fourth-order valence-corrected chi connectivity index (χ4v) is 2.71. The molecule has 0 saturated heterocycles. The van der Waals surface area contributed by atoms with Gasteiger partial charge in [0.05, 0.1) is 24.2 Å². The van der Waals surface area contributed by atoms with Gasteiger partial charge in [-0.15, -0.1) is 0 Å². The smallest absolute Gasteiger partial charge is 0.321 e. The van der Waals surface area contributed by atoms with Crippen LogP contribution in [-0.4, -0.2) is 45.9 Å². The predicted molar refractivity (Wildman–Crippen MR) is 101 cm³/mol. The van der Waals surface area contributed by atoms with E-state index in [0.29, 0.717) is 18.8 Å². The molecule has 3 aromatic rings. The number of urea groups is 1. The number of anilines is 1. The van der Waals surface area contributed by atoms with Crippen LogP contribution in [0.3, 0.4) is 0 Å². The minimum Gasteiger partial charge on any atom is -0.494 e. The normalized spacial score (nSPS) is 10.7. The van der Waals surface area contributed by atoms with Gasteiger partial charge in [-0.05, 0) is 31.5 Å². The van der Waals surface area contributed by atoms with Crippen molar-refractivity contribution in [2.75, 3.05) is 25.5 Å². The SMILES string of the molecule is Cc1nn(C)c2ncc(NC(=O)N(C)CCCOc3ccccc3)cc12. The molecule has 1 N–H and O–H groups in total. The number of ether oxygens (including phenoxy) is 1. The lowest BCUT2D eigenvalue weighted by Gasteiger charge is -2.18. The first-order valence-corrected chi connectivity index (χ1v) is 8.54. The molecule has 2 heterocycles. The highest BCUT2D eigenvalue weighted by Crippen LogP contribution is 2.19. The number of hydrogen-bond donors (Lipinski definition) is 1. The number of carbonyl (C=O) groups is 1. The van der Waals surface area contributed by atoms with Crippen LogP contribution in [-0.2, 0) is 7.05 Å². The third-order valence-electron chi connectivity index (χ3n) is 4.11. The highest BCUT2D eigenvalue weighted by Gasteiger charge is 2.11. The number of hydrogen-bond acceptors (Lipinski definition) is 4. The lowest BCUT2D eigenvalue weighted by atomic mass is 10.2. The third kappa shape index (κ3) is 4.11. The summed E-state index contributed by atoms with van der Waals surface area (Å²) in [6.45, 7) is 3.08. The van der Waals surface area contributed by atoms with Crippen LogP contribution in [0, 0.1) is 6.92 Å². The molecule has 2 amide bonds. The molecule has 0 spiro atoms. The van der Waals surface area contributed by atoms with Gasteiger partial charge >= 0.3 is 6.03 Å². The summed E-state index contributed by atoms with van der Waals surface area (Å²) in [5, 5.41) is 8.15. The first-order chi connectivity index (χ1) is 12.5. The first kappa shape index (κ1) is 17.7. The number of fused-ring (bicyclic) bond motifs is 1. The molecule has 0 bridgehead atoms. The van der Waals surface area contributed by atoms with E-state index in [-0.39, 0.29) is 6.03 Å². The molecule has 0 aliphatic rings. The summed E-state index contributed by atoms with van der Waals surface area (Å²) >= 11 is 0. The number of pyridine rings is 1. The van der Waals surface area contributed by atoms with Crippen LogP contribution >= 0.6 is 0 Å². The number of benzene rings is 1. The van der Waals surface area contributed by atoms with E-state index < -0.39 is 0 Å². The Morgan fingerprint density at radius 2 is 2.08 bits per heavy atom. The predicted octanol–water partition coefficient (Wildman–Crippen LogP) is 3.21. The monoisotopic (exact) mass is 353 g/mol. The van der Waals surface area contributed by atoms with Gasteiger partial charge in [-0.1, -0.05) is 18.2 Å². The number of amides is 2. The lowest BCUT2D eigenvalue weighted by Crippen LogP contribution is -2.32. The molecule has 0 aliphatic heterocycles. The zero-order valence-electron chi connectivity index (χ0n) is 15.3. The third-order valence-corrected chi connectivity index (χ3v) is 4.11. The Bertz CT molecular complexity index is 892. The molecule has 7 heteroatoms. The number of para-hydroxylation sites is 1. The average molecular weight is 353 g/mol. The largest absolute Gasteiger partial charge is 0.494 e. The van der Waals surface area contributed by atoms with E-state index in [1.165, 1.54) is 0 Å². The molecule has 0 aliphatic carbocycles. The minimum absolute atomic E-state index is 0.174. The van der Waals surface area contributed by atoms with Gasteiger partial charge in [0, 0.05) is 26.0 Å². The summed E-state index contributed by atoms with van der Waals surface area (Å²) in [6.07, 6.45) is 2.39. The van der Waals surface area contributed by atoms with Crippen LogP contribution in [0.5, 0.6) is 5.75 Å². The van der Waals surface area contributed by atoms with Gasteiger partial charge in [0.25, 0.3) is 0 Å². The first-order valence-electron chi connectivity index (χ1n) is 8.54. The Balaban J connectivity index is 1.50. The average Bonchev–Trinajstić information content (AvgIpc) is 2.93. The molecule has 0 fully saturated rings. The van der Waals surface area contributed by atoms with Crippen molar-refractivity contribution in [1.82, 2.24) is 19.7 Å². The summed E-state index contributed by atoms with van der Waals surface area (Å²) in [5.41, 5.74) is 2.34. The Kier molecular flexibility index (Phi) is 5.36. The summed E-state index contributed by atoms with van der Waals surface area (Å²) in [4.78, 5) is 18.3. The van der Waals surface area contributed by atoms with Crippen molar-refractivity contribution in [3.05, 3.63) is 48.3 Å². The van der Waals surface area contributed by atoms with Crippen LogP contribution in [0.25, 0.3) is 11.0 Å². The molecule has 0 atom stereocenters. The summed E-state index contributed by atoms with van der Waals surface area (Å²) in [5.74, 6) is 0.839. The zero-order chi connectivity index (χ0) is 18.5. The van der Waals surface area contributed by atoms with Gasteiger partial charge < -0.3 is 15.0 Å². The maximum absolute atomic E-state index is 12.3. The second kappa shape index (κ2) is 7.86.